The Hall–Kier alpha value is -3.17. The molecule has 0 saturated carbocycles. The molecule has 4 rings (SSSR count). The van der Waals surface area contributed by atoms with Gasteiger partial charge in [-0.15, -0.1) is 13.2 Å². The molecule has 3 aliphatic heterocycles. The van der Waals surface area contributed by atoms with Crippen molar-refractivity contribution >= 4 is 23.4 Å². The second-order valence-corrected chi connectivity index (χ2v) is 11.8. The number of carbonyl (C=O) groups excluding carboxylic acids is 3. The molecule has 9 heteroatoms. The number of benzene rings is 1. The SMILES string of the molecule is C=CCN(C(=O)[C@@H]1[C@H]2C(=O)N(CCCCO)C(C(=O)N(CC=C)C(C)C)C23CC[C@@]1(CC)O3)c1ccc(OCC)cc1. The van der Waals surface area contributed by atoms with Crippen LogP contribution in [0.5, 0.6) is 5.75 Å². The Balaban J connectivity index is 1.78. The second-order valence-electron chi connectivity index (χ2n) is 11.8. The zero-order valence-corrected chi connectivity index (χ0v) is 25.6. The number of aliphatic hydroxyl groups is 1. The fraction of sp³-hybridized carbons (Fsp3) is 0.606. The van der Waals surface area contributed by atoms with Crippen molar-refractivity contribution in [3.05, 3.63) is 49.6 Å². The minimum atomic E-state index is -1.10. The van der Waals surface area contributed by atoms with Crippen LogP contribution in [0.3, 0.4) is 0 Å². The number of fused-ring (bicyclic) bond motifs is 1. The first-order valence-electron chi connectivity index (χ1n) is 15.3. The quantitative estimate of drug-likeness (QED) is 0.249. The van der Waals surface area contributed by atoms with Gasteiger partial charge in [0.25, 0.3) is 0 Å². The molecule has 3 fully saturated rings. The van der Waals surface area contributed by atoms with E-state index in [1.54, 1.807) is 26.9 Å². The lowest BCUT2D eigenvalue weighted by Crippen LogP contribution is -2.57. The van der Waals surface area contributed by atoms with Crippen molar-refractivity contribution in [3.8, 4) is 5.75 Å². The molecule has 42 heavy (non-hydrogen) atoms. The molecule has 5 atom stereocenters. The van der Waals surface area contributed by atoms with E-state index < -0.39 is 29.1 Å². The highest BCUT2D eigenvalue weighted by atomic mass is 16.5. The van der Waals surface area contributed by atoms with Crippen molar-refractivity contribution in [2.75, 3.05) is 37.7 Å². The van der Waals surface area contributed by atoms with E-state index in [9.17, 15) is 19.5 Å². The lowest BCUT2D eigenvalue weighted by atomic mass is 9.64. The molecule has 1 spiro atoms. The van der Waals surface area contributed by atoms with Gasteiger partial charge in [-0.3, -0.25) is 14.4 Å². The average molecular weight is 582 g/mol. The number of likely N-dealkylation sites (tertiary alicyclic amines) is 1. The van der Waals surface area contributed by atoms with E-state index in [2.05, 4.69) is 13.2 Å². The number of anilines is 1. The Morgan fingerprint density at radius 1 is 1.12 bits per heavy atom. The van der Waals surface area contributed by atoms with Crippen LogP contribution in [0.1, 0.15) is 59.8 Å². The molecule has 0 aromatic heterocycles. The summed E-state index contributed by atoms with van der Waals surface area (Å²) in [5, 5.41) is 9.44. The highest BCUT2D eigenvalue weighted by Crippen LogP contribution is 2.64. The molecular formula is C33H47N3O6. The van der Waals surface area contributed by atoms with Gasteiger partial charge in [-0.25, -0.2) is 0 Å². The standard InChI is InChI=1S/C33H47N3O6/c1-7-19-34(23(5)6)31(40)28-33-18-17-32(9-3,42-33)26(27(33)30(39)36(28)21-11-12-22-37)29(38)35(20-8-2)24-13-15-25(16-14-24)41-10-4/h7-8,13-16,23,26-28,37H,1-2,9-12,17-22H2,3-6H3/t26-,27-,28?,32+,33?/m0/s1. The van der Waals surface area contributed by atoms with Crippen LogP contribution in [0, 0.1) is 11.8 Å². The van der Waals surface area contributed by atoms with Crippen LogP contribution in [0.25, 0.3) is 0 Å². The number of amides is 3. The number of ether oxygens (including phenoxy) is 2. The summed E-state index contributed by atoms with van der Waals surface area (Å²) < 4.78 is 12.5. The molecule has 0 aliphatic carbocycles. The predicted octanol–water partition coefficient (Wildman–Crippen LogP) is 3.95. The Morgan fingerprint density at radius 3 is 2.38 bits per heavy atom. The molecule has 1 aromatic carbocycles. The zero-order valence-electron chi connectivity index (χ0n) is 25.6. The van der Waals surface area contributed by atoms with E-state index in [1.165, 1.54) is 0 Å². The topological polar surface area (TPSA) is 99.6 Å². The molecule has 0 radical (unpaired) electrons. The van der Waals surface area contributed by atoms with Crippen LogP contribution in [0.15, 0.2) is 49.6 Å². The predicted molar refractivity (Wildman–Crippen MR) is 162 cm³/mol. The van der Waals surface area contributed by atoms with Gasteiger partial charge < -0.3 is 29.3 Å². The number of hydrogen-bond acceptors (Lipinski definition) is 6. The molecule has 3 aliphatic rings. The van der Waals surface area contributed by atoms with Gasteiger partial charge in [-0.2, -0.15) is 0 Å². The zero-order chi connectivity index (χ0) is 30.7. The van der Waals surface area contributed by atoms with Gasteiger partial charge in [-0.05, 0) is 77.1 Å². The normalized spacial score (nSPS) is 27.7. The maximum absolute atomic E-state index is 14.6. The fourth-order valence-corrected chi connectivity index (χ4v) is 7.37. The van der Waals surface area contributed by atoms with E-state index >= 15 is 0 Å². The lowest BCUT2D eigenvalue weighted by Gasteiger charge is -2.38. The van der Waals surface area contributed by atoms with Crippen molar-refractivity contribution in [2.45, 2.75) is 83.1 Å². The monoisotopic (exact) mass is 581 g/mol. The third-order valence-corrected chi connectivity index (χ3v) is 9.26. The second kappa shape index (κ2) is 13.0. The molecule has 2 bridgehead atoms. The minimum absolute atomic E-state index is 0.00104. The van der Waals surface area contributed by atoms with Gasteiger partial charge in [0.1, 0.15) is 17.4 Å². The van der Waals surface area contributed by atoms with Crippen LogP contribution in [-0.2, 0) is 19.1 Å². The lowest BCUT2D eigenvalue weighted by molar-refractivity contribution is -0.153. The molecule has 3 amide bonds. The van der Waals surface area contributed by atoms with Crippen LogP contribution >= 0.6 is 0 Å². The maximum atomic E-state index is 14.6. The van der Waals surface area contributed by atoms with E-state index in [-0.39, 0.29) is 36.9 Å². The largest absolute Gasteiger partial charge is 0.494 e. The summed E-state index contributed by atoms with van der Waals surface area (Å²) >= 11 is 0. The summed E-state index contributed by atoms with van der Waals surface area (Å²) in [5.74, 6) is -1.42. The third kappa shape index (κ3) is 5.26. The Bertz CT molecular complexity index is 1170. The molecule has 1 N–H and O–H groups in total. The summed E-state index contributed by atoms with van der Waals surface area (Å²) in [7, 11) is 0. The smallest absolute Gasteiger partial charge is 0.248 e. The van der Waals surface area contributed by atoms with Crippen molar-refractivity contribution in [1.29, 1.82) is 0 Å². The summed E-state index contributed by atoms with van der Waals surface area (Å²) in [5.41, 5.74) is -1.27. The van der Waals surface area contributed by atoms with E-state index in [0.29, 0.717) is 63.2 Å². The van der Waals surface area contributed by atoms with Gasteiger partial charge in [0.05, 0.1) is 24.0 Å². The highest BCUT2D eigenvalue weighted by Gasteiger charge is 2.79. The fourth-order valence-electron chi connectivity index (χ4n) is 7.37. The number of hydrogen-bond donors (Lipinski definition) is 1. The Morgan fingerprint density at radius 2 is 1.81 bits per heavy atom. The molecular weight excluding hydrogens is 534 g/mol. The summed E-state index contributed by atoms with van der Waals surface area (Å²) in [6.45, 7) is 17.0. The average Bonchev–Trinajstić information content (AvgIpc) is 3.58. The van der Waals surface area contributed by atoms with Crippen LogP contribution in [-0.4, -0.2) is 88.8 Å². The summed E-state index contributed by atoms with van der Waals surface area (Å²) in [4.78, 5) is 48.4. The first kappa shape index (κ1) is 31.8. The Labute approximate surface area is 250 Å². The van der Waals surface area contributed by atoms with Crippen molar-refractivity contribution in [3.63, 3.8) is 0 Å². The minimum Gasteiger partial charge on any atom is -0.494 e. The highest BCUT2D eigenvalue weighted by molar-refractivity contribution is 6.03. The molecule has 3 saturated heterocycles. The Kier molecular flexibility index (Phi) is 9.83. The van der Waals surface area contributed by atoms with Gasteiger partial charge in [0.15, 0.2) is 0 Å². The number of aliphatic hydroxyl groups excluding tert-OH is 1. The van der Waals surface area contributed by atoms with Crippen LogP contribution in [0.4, 0.5) is 5.69 Å². The third-order valence-electron chi connectivity index (χ3n) is 9.26. The molecule has 230 valence electrons. The first-order valence-corrected chi connectivity index (χ1v) is 15.3. The maximum Gasteiger partial charge on any atom is 0.248 e. The molecule has 2 unspecified atom stereocenters. The number of rotatable bonds is 15. The van der Waals surface area contributed by atoms with E-state index in [0.717, 1.165) is 0 Å². The van der Waals surface area contributed by atoms with Crippen molar-refractivity contribution < 1.29 is 29.0 Å². The van der Waals surface area contributed by atoms with Gasteiger partial charge in [0.2, 0.25) is 17.7 Å². The number of nitrogens with zero attached hydrogens (tertiary/aromatic N) is 3. The van der Waals surface area contributed by atoms with Gasteiger partial charge in [0, 0.05) is 38.0 Å². The number of unbranched alkanes of at least 4 members (excludes halogenated alkanes) is 1. The first-order chi connectivity index (χ1) is 20.2. The van der Waals surface area contributed by atoms with Crippen molar-refractivity contribution in [1.82, 2.24) is 9.80 Å². The van der Waals surface area contributed by atoms with E-state index in [1.807, 2.05) is 52.0 Å². The van der Waals surface area contributed by atoms with Crippen LogP contribution < -0.4 is 9.64 Å². The van der Waals surface area contributed by atoms with E-state index in [4.69, 9.17) is 9.47 Å². The van der Waals surface area contributed by atoms with Crippen molar-refractivity contribution in [2.24, 2.45) is 11.8 Å². The molecule has 1 aromatic rings. The summed E-state index contributed by atoms with van der Waals surface area (Å²) in [6.07, 6.45) is 6.09. The van der Waals surface area contributed by atoms with Crippen LogP contribution in [0.2, 0.25) is 0 Å². The molecule has 9 nitrogen and oxygen atoms in total. The van der Waals surface area contributed by atoms with Gasteiger partial charge >= 0.3 is 0 Å². The number of carbonyl (C=O) groups is 3. The molecule has 3 heterocycles. The van der Waals surface area contributed by atoms with Gasteiger partial charge in [-0.1, -0.05) is 19.1 Å². The summed E-state index contributed by atoms with van der Waals surface area (Å²) in [6, 6.07) is 6.38.